The van der Waals surface area contributed by atoms with Gasteiger partial charge in [-0.2, -0.15) is 0 Å². The van der Waals surface area contributed by atoms with Crippen LogP contribution in [0.2, 0.25) is 0 Å². The largest absolute Gasteiger partial charge is 0.489 e. The summed E-state index contributed by atoms with van der Waals surface area (Å²) in [5, 5.41) is 10.5. The van der Waals surface area contributed by atoms with E-state index in [1.807, 2.05) is 42.5 Å². The third-order valence-electron chi connectivity index (χ3n) is 4.57. The average Bonchev–Trinajstić information content (AvgIpc) is 2.61. The van der Waals surface area contributed by atoms with Crippen LogP contribution in [0.25, 0.3) is 0 Å². The van der Waals surface area contributed by atoms with E-state index in [9.17, 15) is 5.11 Å². The zero-order valence-corrected chi connectivity index (χ0v) is 12.9. The van der Waals surface area contributed by atoms with Crippen molar-refractivity contribution in [3.8, 4) is 5.75 Å². The van der Waals surface area contributed by atoms with Crippen molar-refractivity contribution in [1.29, 1.82) is 0 Å². The molecule has 1 atom stereocenters. The summed E-state index contributed by atoms with van der Waals surface area (Å²) in [5.74, 6) is 1.27. The second kappa shape index (κ2) is 7.46. The van der Waals surface area contributed by atoms with Gasteiger partial charge in [-0.05, 0) is 42.0 Å². The average molecular weight is 296 g/mol. The molecule has 116 valence electrons. The van der Waals surface area contributed by atoms with Crippen molar-refractivity contribution < 1.29 is 9.84 Å². The number of benzene rings is 2. The molecule has 0 unspecified atom stereocenters. The van der Waals surface area contributed by atoms with Gasteiger partial charge < -0.3 is 9.84 Å². The topological polar surface area (TPSA) is 29.5 Å². The highest BCUT2D eigenvalue weighted by Crippen LogP contribution is 2.34. The molecular weight excluding hydrogens is 272 g/mol. The maximum Gasteiger partial charge on any atom is 0.119 e. The van der Waals surface area contributed by atoms with Crippen molar-refractivity contribution in [2.75, 3.05) is 0 Å². The fraction of sp³-hybridized carbons (Fsp3) is 0.400. The molecule has 0 aromatic heterocycles. The Labute approximate surface area is 132 Å². The van der Waals surface area contributed by atoms with Crippen LogP contribution < -0.4 is 4.74 Å². The summed E-state index contributed by atoms with van der Waals surface area (Å²) >= 11 is 0. The van der Waals surface area contributed by atoms with Gasteiger partial charge >= 0.3 is 0 Å². The zero-order valence-electron chi connectivity index (χ0n) is 12.9. The lowest BCUT2D eigenvalue weighted by molar-refractivity contribution is 0.0848. The van der Waals surface area contributed by atoms with Gasteiger partial charge in [0.25, 0.3) is 0 Å². The fourth-order valence-electron chi connectivity index (χ4n) is 3.22. The minimum absolute atomic E-state index is 0.330. The quantitative estimate of drug-likeness (QED) is 0.852. The molecule has 0 amide bonds. The highest BCUT2D eigenvalue weighted by Gasteiger charge is 2.22. The van der Waals surface area contributed by atoms with Gasteiger partial charge in [0.2, 0.25) is 0 Å². The van der Waals surface area contributed by atoms with E-state index in [-0.39, 0.29) is 6.10 Å². The van der Waals surface area contributed by atoms with Crippen LogP contribution >= 0.6 is 0 Å². The van der Waals surface area contributed by atoms with Crippen LogP contribution in [0.3, 0.4) is 0 Å². The molecule has 1 aliphatic rings. The van der Waals surface area contributed by atoms with E-state index in [2.05, 4.69) is 12.1 Å². The number of rotatable bonds is 5. The van der Waals surface area contributed by atoms with E-state index in [4.69, 9.17) is 4.74 Å². The van der Waals surface area contributed by atoms with E-state index in [0.717, 1.165) is 29.7 Å². The molecule has 1 fully saturated rings. The molecule has 22 heavy (non-hydrogen) atoms. The van der Waals surface area contributed by atoms with Gasteiger partial charge in [0, 0.05) is 0 Å². The van der Waals surface area contributed by atoms with Gasteiger partial charge in [-0.3, -0.25) is 0 Å². The second-order valence-corrected chi connectivity index (χ2v) is 6.19. The number of aliphatic hydroxyl groups excluding tert-OH is 1. The molecule has 0 heterocycles. The maximum absolute atomic E-state index is 10.5. The summed E-state index contributed by atoms with van der Waals surface area (Å²) in [6.07, 6.45) is 5.78. The van der Waals surface area contributed by atoms with Crippen LogP contribution in [-0.4, -0.2) is 5.11 Å². The first-order valence-electron chi connectivity index (χ1n) is 8.28. The molecule has 2 nitrogen and oxygen atoms in total. The van der Waals surface area contributed by atoms with Crippen molar-refractivity contribution in [1.82, 2.24) is 0 Å². The highest BCUT2D eigenvalue weighted by molar-refractivity contribution is 5.29. The van der Waals surface area contributed by atoms with Gasteiger partial charge in [-0.15, -0.1) is 0 Å². The Morgan fingerprint density at radius 2 is 1.59 bits per heavy atom. The standard InChI is InChI=1S/C20H24O2/c21-20(17-9-5-2-6-10-17)18-11-13-19(14-12-18)22-15-16-7-3-1-4-8-16/h1,3-4,7-8,11-14,17,20-21H,2,5-6,9-10,15H2/t20-/m1/s1. The van der Waals surface area contributed by atoms with E-state index in [0.29, 0.717) is 12.5 Å². The molecule has 0 spiro atoms. The summed E-state index contributed by atoms with van der Waals surface area (Å²) in [6.45, 7) is 0.575. The molecule has 1 N–H and O–H groups in total. The predicted octanol–water partition coefficient (Wildman–Crippen LogP) is 4.88. The number of hydrogen-bond acceptors (Lipinski definition) is 2. The lowest BCUT2D eigenvalue weighted by Gasteiger charge is -2.26. The Kier molecular flexibility index (Phi) is 5.12. The lowest BCUT2D eigenvalue weighted by Crippen LogP contribution is -2.15. The molecule has 2 aromatic rings. The van der Waals surface area contributed by atoms with Crippen LogP contribution in [0.4, 0.5) is 0 Å². The van der Waals surface area contributed by atoms with Crippen molar-refractivity contribution >= 4 is 0 Å². The Morgan fingerprint density at radius 3 is 2.27 bits per heavy atom. The third kappa shape index (κ3) is 3.89. The minimum atomic E-state index is -0.330. The summed E-state index contributed by atoms with van der Waals surface area (Å²) in [5.41, 5.74) is 2.17. The lowest BCUT2D eigenvalue weighted by atomic mass is 9.83. The zero-order chi connectivity index (χ0) is 15.2. The number of aliphatic hydroxyl groups is 1. The Hall–Kier alpha value is -1.80. The van der Waals surface area contributed by atoms with Gasteiger partial charge in [0.15, 0.2) is 0 Å². The summed E-state index contributed by atoms with van der Waals surface area (Å²) in [6, 6.07) is 18.1. The van der Waals surface area contributed by atoms with Crippen LogP contribution in [0.5, 0.6) is 5.75 Å². The SMILES string of the molecule is O[C@@H](c1ccc(OCc2ccccc2)cc1)C1CCCCC1. The van der Waals surface area contributed by atoms with Crippen LogP contribution in [0, 0.1) is 5.92 Å². The highest BCUT2D eigenvalue weighted by atomic mass is 16.5. The molecule has 1 aliphatic carbocycles. The predicted molar refractivity (Wildman–Crippen MR) is 88.8 cm³/mol. The van der Waals surface area contributed by atoms with Crippen molar-refractivity contribution in [3.05, 3.63) is 65.7 Å². The minimum Gasteiger partial charge on any atom is -0.489 e. The Morgan fingerprint density at radius 1 is 0.909 bits per heavy atom. The van der Waals surface area contributed by atoms with Crippen molar-refractivity contribution in [2.24, 2.45) is 5.92 Å². The Balaban J connectivity index is 1.57. The fourth-order valence-corrected chi connectivity index (χ4v) is 3.22. The van der Waals surface area contributed by atoms with Crippen LogP contribution in [0.1, 0.15) is 49.3 Å². The van der Waals surface area contributed by atoms with Crippen molar-refractivity contribution in [3.63, 3.8) is 0 Å². The Bertz CT molecular complexity index is 556. The molecule has 0 saturated heterocycles. The number of hydrogen-bond donors (Lipinski definition) is 1. The summed E-state index contributed by atoms with van der Waals surface area (Å²) in [7, 11) is 0. The van der Waals surface area contributed by atoms with E-state index >= 15 is 0 Å². The first-order chi connectivity index (χ1) is 10.8. The molecule has 1 saturated carbocycles. The van der Waals surface area contributed by atoms with Crippen molar-refractivity contribution in [2.45, 2.75) is 44.8 Å². The maximum atomic E-state index is 10.5. The second-order valence-electron chi connectivity index (χ2n) is 6.19. The van der Waals surface area contributed by atoms with Gasteiger partial charge in [0.05, 0.1) is 6.10 Å². The number of ether oxygens (including phenoxy) is 1. The molecule has 2 heteroatoms. The molecule has 0 aliphatic heterocycles. The molecule has 0 radical (unpaired) electrons. The first kappa shape index (κ1) is 15.1. The first-order valence-corrected chi connectivity index (χ1v) is 8.28. The van der Waals surface area contributed by atoms with Gasteiger partial charge in [-0.1, -0.05) is 61.7 Å². The molecule has 3 rings (SSSR count). The summed E-state index contributed by atoms with van der Waals surface area (Å²) < 4.78 is 5.79. The molecule has 0 bridgehead atoms. The van der Waals surface area contributed by atoms with E-state index in [1.54, 1.807) is 0 Å². The summed E-state index contributed by atoms with van der Waals surface area (Å²) in [4.78, 5) is 0. The van der Waals surface area contributed by atoms with E-state index < -0.39 is 0 Å². The monoisotopic (exact) mass is 296 g/mol. The normalized spacial score (nSPS) is 17.1. The van der Waals surface area contributed by atoms with E-state index in [1.165, 1.54) is 19.3 Å². The van der Waals surface area contributed by atoms with Gasteiger partial charge in [-0.25, -0.2) is 0 Å². The van der Waals surface area contributed by atoms with Crippen LogP contribution in [0.15, 0.2) is 54.6 Å². The third-order valence-corrected chi connectivity index (χ3v) is 4.57. The van der Waals surface area contributed by atoms with Crippen LogP contribution in [-0.2, 0) is 6.61 Å². The smallest absolute Gasteiger partial charge is 0.119 e. The van der Waals surface area contributed by atoms with Gasteiger partial charge in [0.1, 0.15) is 12.4 Å². The molecular formula is C20H24O2. The molecule has 2 aromatic carbocycles.